The van der Waals surface area contributed by atoms with Gasteiger partial charge >= 0.3 is 0 Å². The molecule has 248 valence electrons. The van der Waals surface area contributed by atoms with Crippen LogP contribution in [-0.4, -0.2) is 59.9 Å². The zero-order valence-electron chi connectivity index (χ0n) is 26.0. The molecule has 6 unspecified atom stereocenters. The molecule has 6 atom stereocenters. The van der Waals surface area contributed by atoms with E-state index in [-0.39, 0.29) is 51.9 Å². The number of nitrogens with zero attached hydrogens (tertiary/aromatic N) is 2. The summed E-state index contributed by atoms with van der Waals surface area (Å²) in [6.45, 7) is 0. The van der Waals surface area contributed by atoms with E-state index in [0.29, 0.717) is 21.9 Å². The molecule has 2 N–H and O–H groups in total. The zero-order valence-corrected chi connectivity index (χ0v) is 28.3. The second-order valence-electron chi connectivity index (χ2n) is 12.5. The molecule has 1 saturated carbocycles. The molecule has 0 radical (unpaired) electrons. The molecule has 7 rings (SSSR count). The number of hydrogen-bond acceptors (Lipinski definition) is 8. The number of rotatable bonds is 6. The predicted molar refractivity (Wildman–Crippen MR) is 178 cm³/mol. The van der Waals surface area contributed by atoms with Gasteiger partial charge in [-0.05, 0) is 72.4 Å². The second kappa shape index (κ2) is 11.7. The monoisotopic (exact) mass is 709 g/mol. The van der Waals surface area contributed by atoms with E-state index in [1.165, 1.54) is 27.3 Å². The van der Waals surface area contributed by atoms with Crippen LogP contribution in [0.5, 0.6) is 17.2 Å². The first-order chi connectivity index (χ1) is 22.9. The van der Waals surface area contributed by atoms with Gasteiger partial charge in [-0.2, -0.15) is 5.01 Å². The third-order valence-electron chi connectivity index (χ3n) is 10.4. The van der Waals surface area contributed by atoms with Gasteiger partial charge < -0.3 is 14.6 Å². The number of methoxy groups -OCH3 is 2. The first kappa shape index (κ1) is 32.3. The number of anilines is 1. The normalized spacial score (nSPS) is 27.8. The number of fused-ring (bicyclic) bond motifs is 4. The Balaban J connectivity index is 1.50. The van der Waals surface area contributed by atoms with E-state index in [9.17, 15) is 19.5 Å². The number of carbonyl (C=O) groups excluding carboxylic acids is 4. The van der Waals surface area contributed by atoms with E-state index in [0.717, 1.165) is 15.5 Å². The Labute approximate surface area is 291 Å². The lowest BCUT2D eigenvalue weighted by atomic mass is 9.49. The summed E-state index contributed by atoms with van der Waals surface area (Å²) in [5.74, 6) is -5.09. The number of phenolic OH excluding ortho intramolecular Hbond substituents is 1. The molecule has 2 saturated heterocycles. The molecule has 10 nitrogen and oxygen atoms in total. The maximum Gasteiger partial charge on any atom is 0.260 e. The van der Waals surface area contributed by atoms with Gasteiger partial charge in [-0.3, -0.25) is 29.5 Å². The molecule has 48 heavy (non-hydrogen) atoms. The van der Waals surface area contributed by atoms with Gasteiger partial charge in [0.15, 0.2) is 11.5 Å². The molecule has 4 amide bonds. The number of allylic oxidation sites excluding steroid dienone is 2. The van der Waals surface area contributed by atoms with Gasteiger partial charge in [0.2, 0.25) is 11.8 Å². The van der Waals surface area contributed by atoms with Gasteiger partial charge in [-0.15, -0.1) is 0 Å². The molecule has 4 aliphatic rings. The highest BCUT2D eigenvalue weighted by Crippen LogP contribution is 2.64. The highest BCUT2D eigenvalue weighted by Gasteiger charge is 2.70. The van der Waals surface area contributed by atoms with Crippen molar-refractivity contribution < 1.29 is 33.8 Å². The summed E-state index contributed by atoms with van der Waals surface area (Å²) >= 11 is 19.2. The first-order valence-corrected chi connectivity index (χ1v) is 16.4. The maximum atomic E-state index is 15.2. The average Bonchev–Trinajstić information content (AvgIpc) is 3.43. The fraction of sp³-hybridized carbons (Fsp3) is 0.314. The van der Waals surface area contributed by atoms with E-state index in [2.05, 4.69) is 5.43 Å². The van der Waals surface area contributed by atoms with Crippen LogP contribution >= 0.6 is 34.8 Å². The molecular formula is C35H30Cl3N3O7. The van der Waals surface area contributed by atoms with Gasteiger partial charge in [0, 0.05) is 18.0 Å². The Morgan fingerprint density at radius 3 is 2.27 bits per heavy atom. The largest absolute Gasteiger partial charge is 0.503 e. The Hall–Kier alpha value is -4.25. The highest BCUT2D eigenvalue weighted by atomic mass is 35.5. The second-order valence-corrected chi connectivity index (χ2v) is 13.8. The van der Waals surface area contributed by atoms with E-state index in [1.54, 1.807) is 48.5 Å². The minimum Gasteiger partial charge on any atom is -0.503 e. The molecule has 13 heteroatoms. The highest BCUT2D eigenvalue weighted by molar-refractivity contribution is 6.36. The predicted octanol–water partition coefficient (Wildman–Crippen LogP) is 5.98. The van der Waals surface area contributed by atoms with E-state index in [4.69, 9.17) is 44.3 Å². The molecule has 0 spiro atoms. The summed E-state index contributed by atoms with van der Waals surface area (Å²) in [4.78, 5) is 58.0. The Kier molecular flexibility index (Phi) is 7.89. The van der Waals surface area contributed by atoms with E-state index >= 15 is 4.79 Å². The Bertz CT molecular complexity index is 1930. The lowest BCUT2D eigenvalue weighted by Gasteiger charge is -2.50. The van der Waals surface area contributed by atoms with Crippen LogP contribution in [0.2, 0.25) is 15.1 Å². The summed E-state index contributed by atoms with van der Waals surface area (Å²) < 4.78 is 10.9. The minimum absolute atomic E-state index is 0.0197. The quantitative estimate of drug-likeness (QED) is 0.236. The molecule has 3 fully saturated rings. The van der Waals surface area contributed by atoms with Crippen molar-refractivity contribution in [3.63, 3.8) is 0 Å². The molecule has 0 bridgehead atoms. The summed E-state index contributed by atoms with van der Waals surface area (Å²) in [5.41, 5.74) is 3.41. The van der Waals surface area contributed by atoms with E-state index in [1.807, 2.05) is 6.08 Å². The molecular weight excluding hydrogens is 681 g/mol. The van der Waals surface area contributed by atoms with Gasteiger partial charge in [-0.1, -0.05) is 58.6 Å². The van der Waals surface area contributed by atoms with Crippen molar-refractivity contribution in [2.24, 2.45) is 23.7 Å². The summed E-state index contributed by atoms with van der Waals surface area (Å²) in [6.07, 6.45) is 2.32. The average molecular weight is 711 g/mol. The SMILES string of the molecule is COc1ccc(C23C(=O)N(Nc4ccc(Cl)cc4Cl)C(=O)C2CC2C(=CCC4C(=O)N(C)C(=O)C42)C3c2cc(Cl)c(O)c(OC)c2)cc1. The fourth-order valence-electron chi connectivity index (χ4n) is 8.29. The van der Waals surface area contributed by atoms with Gasteiger partial charge in [0.05, 0.1) is 53.1 Å². The fourth-order valence-corrected chi connectivity index (χ4v) is 8.96. The van der Waals surface area contributed by atoms with Crippen molar-refractivity contribution in [1.29, 1.82) is 0 Å². The molecule has 2 aliphatic heterocycles. The van der Waals surface area contributed by atoms with Crippen molar-refractivity contribution in [2.45, 2.75) is 24.2 Å². The van der Waals surface area contributed by atoms with Crippen LogP contribution < -0.4 is 14.9 Å². The lowest BCUT2D eigenvalue weighted by molar-refractivity contribution is -0.140. The number of hydrazine groups is 1. The topological polar surface area (TPSA) is 125 Å². The third-order valence-corrected chi connectivity index (χ3v) is 11.2. The number of benzene rings is 3. The third kappa shape index (κ3) is 4.53. The Morgan fingerprint density at radius 1 is 0.875 bits per heavy atom. The van der Waals surface area contributed by atoms with Crippen molar-refractivity contribution in [3.05, 3.63) is 92.4 Å². The van der Waals surface area contributed by atoms with Crippen LogP contribution in [0.3, 0.4) is 0 Å². The van der Waals surface area contributed by atoms with E-state index < -0.39 is 46.8 Å². The first-order valence-electron chi connectivity index (χ1n) is 15.3. The van der Waals surface area contributed by atoms with Crippen molar-refractivity contribution in [3.8, 4) is 17.2 Å². The molecule has 3 aromatic rings. The molecule has 3 aromatic carbocycles. The number of carbonyl (C=O) groups is 4. The van der Waals surface area contributed by atoms with Crippen LogP contribution in [0.15, 0.2) is 66.2 Å². The number of likely N-dealkylation sites (tertiary alicyclic amines) is 1. The summed E-state index contributed by atoms with van der Waals surface area (Å²) in [7, 11) is 4.39. The molecule has 2 aliphatic carbocycles. The Morgan fingerprint density at radius 2 is 1.60 bits per heavy atom. The van der Waals surface area contributed by atoms with Gasteiger partial charge in [-0.25, -0.2) is 0 Å². The smallest absolute Gasteiger partial charge is 0.260 e. The van der Waals surface area contributed by atoms with Crippen molar-refractivity contribution in [2.75, 3.05) is 26.7 Å². The van der Waals surface area contributed by atoms with Crippen molar-refractivity contribution in [1.82, 2.24) is 9.91 Å². The van der Waals surface area contributed by atoms with Crippen LogP contribution in [-0.2, 0) is 24.6 Å². The van der Waals surface area contributed by atoms with Gasteiger partial charge in [0.25, 0.3) is 11.8 Å². The standard InChI is InChI=1S/C35H30Cl3N3O7/c1-40-31(43)21-10-9-20-22(28(21)33(40)45)15-23-32(44)41(39-26-11-6-18(36)14-24(26)37)34(46)35(23,17-4-7-19(47-2)8-5-17)29(20)16-12-25(38)30(42)27(13-16)48-3/h4-9,11-14,21-23,28-29,39,42H,10,15H2,1-3H3. The van der Waals surface area contributed by atoms with Crippen LogP contribution in [0.4, 0.5) is 5.69 Å². The number of hydrogen-bond donors (Lipinski definition) is 2. The number of halogens is 3. The zero-order chi connectivity index (χ0) is 34.2. The van der Waals surface area contributed by atoms with Crippen molar-refractivity contribution >= 4 is 64.1 Å². The van der Waals surface area contributed by atoms with Crippen LogP contribution in [0.25, 0.3) is 0 Å². The maximum absolute atomic E-state index is 15.2. The van der Waals surface area contributed by atoms with Crippen LogP contribution in [0, 0.1) is 23.7 Å². The summed E-state index contributed by atoms with van der Waals surface area (Å²) in [5, 5.41) is 12.2. The number of ether oxygens (including phenoxy) is 2. The summed E-state index contributed by atoms with van der Waals surface area (Å²) in [6, 6.07) is 14.8. The number of phenols is 1. The molecule has 2 heterocycles. The number of nitrogens with one attached hydrogen (secondary N) is 1. The number of aromatic hydroxyl groups is 1. The lowest BCUT2D eigenvalue weighted by Crippen LogP contribution is -2.53. The van der Waals surface area contributed by atoms with Crippen LogP contribution in [0.1, 0.15) is 29.9 Å². The number of amides is 4. The minimum atomic E-state index is -1.58. The van der Waals surface area contributed by atoms with Gasteiger partial charge in [0.1, 0.15) is 5.75 Å². The number of imide groups is 2. The molecule has 0 aromatic heterocycles.